The molecule has 10 nitrogen and oxygen atoms in total. The zero-order valence-electron chi connectivity index (χ0n) is 21.3. The van der Waals surface area contributed by atoms with Crippen LogP contribution < -0.4 is 19.9 Å². The Morgan fingerprint density at radius 1 is 0.921 bits per heavy atom. The molecule has 1 N–H and O–H groups in total. The Labute approximate surface area is 220 Å². The Morgan fingerprint density at radius 2 is 1.68 bits per heavy atom. The molecule has 0 unspecified atom stereocenters. The highest BCUT2D eigenvalue weighted by Gasteiger charge is 2.34. The molecule has 1 saturated heterocycles. The van der Waals surface area contributed by atoms with Gasteiger partial charge in [-0.05, 0) is 47.5 Å². The summed E-state index contributed by atoms with van der Waals surface area (Å²) in [5, 5.41) is 14.0. The number of pyridine rings is 1. The second kappa shape index (κ2) is 9.75. The quantitative estimate of drug-likeness (QED) is 0.432. The third kappa shape index (κ3) is 4.18. The smallest absolute Gasteiger partial charge is 0.253 e. The Bertz CT molecular complexity index is 1490. The topological polar surface area (TPSA) is 101 Å². The molecule has 4 heterocycles. The van der Waals surface area contributed by atoms with Crippen LogP contribution in [0.5, 0.6) is 11.5 Å². The van der Waals surface area contributed by atoms with E-state index in [-0.39, 0.29) is 24.4 Å². The number of hydrogen-bond acceptors (Lipinski definition) is 8. The van der Waals surface area contributed by atoms with E-state index in [1.54, 1.807) is 0 Å². The van der Waals surface area contributed by atoms with Crippen molar-refractivity contribution in [2.45, 2.75) is 44.2 Å². The first kappa shape index (κ1) is 23.2. The number of tetrazole rings is 1. The molecule has 1 aliphatic carbocycles. The van der Waals surface area contributed by atoms with Crippen molar-refractivity contribution in [2.75, 3.05) is 37.9 Å². The molecule has 0 amide bonds. The number of hydrogen-bond donors (Lipinski definition) is 1. The van der Waals surface area contributed by atoms with Crippen LogP contribution in [0.3, 0.4) is 0 Å². The summed E-state index contributed by atoms with van der Waals surface area (Å²) in [5.74, 6) is 2.09. The molecule has 38 heavy (non-hydrogen) atoms. The number of anilines is 1. The maximum Gasteiger partial charge on any atom is 0.253 e. The van der Waals surface area contributed by atoms with Gasteiger partial charge in [-0.1, -0.05) is 37.5 Å². The molecule has 2 fully saturated rings. The van der Waals surface area contributed by atoms with Gasteiger partial charge in [-0.25, -0.2) is 4.68 Å². The predicted octanol–water partition coefficient (Wildman–Crippen LogP) is 3.66. The lowest BCUT2D eigenvalue weighted by molar-refractivity contribution is 0.174. The van der Waals surface area contributed by atoms with Crippen LogP contribution in [-0.2, 0) is 0 Å². The second-order valence-corrected chi connectivity index (χ2v) is 10.4. The number of aromatic amines is 1. The minimum Gasteiger partial charge on any atom is -0.454 e. The second-order valence-electron chi connectivity index (χ2n) is 10.4. The maximum atomic E-state index is 13.6. The van der Waals surface area contributed by atoms with E-state index >= 15 is 0 Å². The summed E-state index contributed by atoms with van der Waals surface area (Å²) in [6.45, 7) is 3.48. The van der Waals surface area contributed by atoms with Crippen LogP contribution in [0.25, 0.3) is 10.9 Å². The molecule has 4 aromatic rings. The van der Waals surface area contributed by atoms with Crippen LogP contribution in [0.1, 0.15) is 55.6 Å². The van der Waals surface area contributed by atoms with Gasteiger partial charge in [0.1, 0.15) is 6.04 Å². The van der Waals surface area contributed by atoms with Crippen LogP contribution in [0.15, 0.2) is 53.3 Å². The summed E-state index contributed by atoms with van der Waals surface area (Å²) in [5.41, 5.74) is 2.46. The molecule has 7 rings (SSSR count). The number of aromatic nitrogens is 5. The standard InChI is InChI=1S/C28H31N7O3/c36-28-22(15-19-16-24-25(38-18-37-24)17-23(19)29-28)26(27-30-31-32-35(27)21-9-5-2-6-10-21)34-13-11-33(12-14-34)20-7-3-1-4-8-20/h1,3-4,7-8,15-17,21,26H,2,5-6,9-14,18H2,(H,29,36)/t26-/m1/s1. The van der Waals surface area contributed by atoms with Gasteiger partial charge in [0.05, 0.1) is 11.6 Å². The number of para-hydroxylation sites is 1. The molecular formula is C28H31N7O3. The maximum absolute atomic E-state index is 13.6. The Morgan fingerprint density at radius 3 is 2.47 bits per heavy atom. The number of piperazine rings is 1. The largest absolute Gasteiger partial charge is 0.454 e. The van der Waals surface area contributed by atoms with Gasteiger partial charge >= 0.3 is 0 Å². The number of ether oxygens (including phenoxy) is 2. The summed E-state index contributed by atoms with van der Waals surface area (Å²) in [4.78, 5) is 21.5. The molecule has 2 aliphatic heterocycles. The Balaban J connectivity index is 1.29. The van der Waals surface area contributed by atoms with Crippen molar-refractivity contribution < 1.29 is 9.47 Å². The van der Waals surface area contributed by atoms with Crippen molar-refractivity contribution in [1.29, 1.82) is 0 Å². The van der Waals surface area contributed by atoms with Gasteiger partial charge in [0.2, 0.25) is 6.79 Å². The van der Waals surface area contributed by atoms with Gasteiger partial charge in [0.25, 0.3) is 5.56 Å². The first-order valence-electron chi connectivity index (χ1n) is 13.5. The van der Waals surface area contributed by atoms with Gasteiger partial charge in [-0.15, -0.1) is 5.10 Å². The average molecular weight is 514 g/mol. The van der Waals surface area contributed by atoms with Crippen molar-refractivity contribution in [1.82, 2.24) is 30.1 Å². The summed E-state index contributed by atoms with van der Waals surface area (Å²) in [7, 11) is 0. The van der Waals surface area contributed by atoms with Gasteiger partial charge in [0, 0.05) is 48.9 Å². The van der Waals surface area contributed by atoms with Crippen molar-refractivity contribution in [3.8, 4) is 11.5 Å². The van der Waals surface area contributed by atoms with Crippen LogP contribution in [0, 0.1) is 0 Å². The third-order valence-corrected chi connectivity index (χ3v) is 8.14. The van der Waals surface area contributed by atoms with Crippen molar-refractivity contribution in [2.24, 2.45) is 0 Å². The molecular weight excluding hydrogens is 482 g/mol. The number of fused-ring (bicyclic) bond motifs is 2. The van der Waals surface area contributed by atoms with Crippen molar-refractivity contribution in [3.63, 3.8) is 0 Å². The van der Waals surface area contributed by atoms with Crippen molar-refractivity contribution >= 4 is 16.6 Å². The van der Waals surface area contributed by atoms with E-state index in [2.05, 4.69) is 54.6 Å². The lowest BCUT2D eigenvalue weighted by atomic mass is 9.95. The molecule has 1 saturated carbocycles. The Hall–Kier alpha value is -3.92. The minimum atomic E-state index is -0.358. The fourth-order valence-electron chi connectivity index (χ4n) is 6.16. The first-order valence-corrected chi connectivity index (χ1v) is 13.5. The van der Waals surface area contributed by atoms with Gasteiger partial charge < -0.3 is 19.4 Å². The van der Waals surface area contributed by atoms with E-state index in [9.17, 15) is 4.79 Å². The number of H-pyrrole nitrogens is 1. The molecule has 2 aromatic heterocycles. The molecule has 196 valence electrons. The molecule has 0 radical (unpaired) electrons. The van der Waals surface area contributed by atoms with Gasteiger partial charge in [-0.3, -0.25) is 9.69 Å². The summed E-state index contributed by atoms with van der Waals surface area (Å²) >= 11 is 0. The molecule has 10 heteroatoms. The lowest BCUT2D eigenvalue weighted by Crippen LogP contribution is -2.49. The minimum absolute atomic E-state index is 0.134. The van der Waals surface area contributed by atoms with E-state index in [0.717, 1.165) is 55.7 Å². The SMILES string of the molecule is O=c1[nH]c2cc3c(cc2cc1[C@H](c1nnnn1C1CCCCC1)N1CCN(c2ccccc2)CC1)OCO3. The fourth-order valence-corrected chi connectivity index (χ4v) is 6.16. The summed E-state index contributed by atoms with van der Waals surface area (Å²) < 4.78 is 13.1. The zero-order chi connectivity index (χ0) is 25.5. The van der Waals surface area contributed by atoms with E-state index in [0.29, 0.717) is 17.1 Å². The monoisotopic (exact) mass is 513 g/mol. The summed E-state index contributed by atoms with van der Waals surface area (Å²) in [6, 6.07) is 16.1. The summed E-state index contributed by atoms with van der Waals surface area (Å²) in [6.07, 6.45) is 5.72. The number of nitrogens with one attached hydrogen (secondary N) is 1. The number of rotatable bonds is 5. The highest BCUT2D eigenvalue weighted by atomic mass is 16.7. The van der Waals surface area contributed by atoms with E-state index in [4.69, 9.17) is 9.47 Å². The normalized spacial score (nSPS) is 19.2. The number of benzene rings is 2. The van der Waals surface area contributed by atoms with Crippen LogP contribution >= 0.6 is 0 Å². The average Bonchev–Trinajstić information content (AvgIpc) is 3.63. The van der Waals surface area contributed by atoms with Crippen LogP contribution in [-0.4, -0.2) is 63.1 Å². The Kier molecular flexibility index (Phi) is 5.96. The number of nitrogens with zero attached hydrogens (tertiary/aromatic N) is 6. The predicted molar refractivity (Wildman–Crippen MR) is 143 cm³/mol. The highest BCUT2D eigenvalue weighted by molar-refractivity contribution is 5.83. The van der Waals surface area contributed by atoms with Gasteiger partial charge in [0.15, 0.2) is 17.3 Å². The molecule has 0 spiro atoms. The van der Waals surface area contributed by atoms with E-state index in [1.165, 1.54) is 24.9 Å². The van der Waals surface area contributed by atoms with Crippen LogP contribution in [0.4, 0.5) is 5.69 Å². The highest BCUT2D eigenvalue weighted by Crippen LogP contribution is 2.37. The van der Waals surface area contributed by atoms with E-state index in [1.807, 2.05) is 28.9 Å². The van der Waals surface area contributed by atoms with E-state index < -0.39 is 0 Å². The lowest BCUT2D eigenvalue weighted by Gasteiger charge is -2.40. The zero-order valence-corrected chi connectivity index (χ0v) is 21.3. The van der Waals surface area contributed by atoms with Gasteiger partial charge in [-0.2, -0.15) is 0 Å². The molecule has 2 aromatic carbocycles. The molecule has 0 bridgehead atoms. The van der Waals surface area contributed by atoms with Crippen molar-refractivity contribution in [3.05, 3.63) is 70.3 Å². The fraction of sp³-hybridized carbons (Fsp3) is 0.429. The molecule has 1 atom stereocenters. The van der Waals surface area contributed by atoms with Crippen LogP contribution in [0.2, 0.25) is 0 Å². The third-order valence-electron chi connectivity index (χ3n) is 8.14. The first-order chi connectivity index (χ1) is 18.7. The molecule has 3 aliphatic rings.